The highest BCUT2D eigenvalue weighted by Crippen LogP contribution is 2.65. The number of benzene rings is 1. The van der Waals surface area contributed by atoms with Crippen LogP contribution >= 0.6 is 0 Å². The van der Waals surface area contributed by atoms with E-state index in [1.807, 2.05) is 52.0 Å². The van der Waals surface area contributed by atoms with Gasteiger partial charge in [0.2, 0.25) is 27.6 Å². The summed E-state index contributed by atoms with van der Waals surface area (Å²) in [6.45, 7) is 13.8. The van der Waals surface area contributed by atoms with E-state index in [2.05, 4.69) is 35.1 Å². The minimum Gasteiger partial charge on any atom is -0.347 e. The first-order valence-corrected chi connectivity index (χ1v) is 20.9. The highest BCUT2D eigenvalue weighted by Gasteiger charge is 2.70. The molecule has 0 radical (unpaired) electrons. The number of fused-ring (bicyclic) bond motifs is 2. The van der Waals surface area contributed by atoms with Crippen LogP contribution in [-0.2, 0) is 42.0 Å². The molecule has 53 heavy (non-hydrogen) atoms. The molecule has 1 unspecified atom stereocenters. The number of nitrogens with zero attached hydrogens (tertiary/aromatic N) is 2. The molecule has 1 aliphatic heterocycles. The predicted octanol–water partition coefficient (Wildman–Crippen LogP) is 2.77. The van der Waals surface area contributed by atoms with Crippen LogP contribution < -0.4 is 21.3 Å². The van der Waals surface area contributed by atoms with Gasteiger partial charge in [0, 0.05) is 32.2 Å². The summed E-state index contributed by atoms with van der Waals surface area (Å²) in [7, 11) is -2.02. The molecule has 5 amide bonds. The molecule has 1 saturated heterocycles. The molecular formula is C39H60N6O7S. The molecule has 1 aromatic carbocycles. The number of carbonyl (C=O) groups excluding carboxylic acids is 5. The maximum absolute atomic E-state index is 14.9. The van der Waals surface area contributed by atoms with Gasteiger partial charge in [-0.25, -0.2) is 17.5 Å². The van der Waals surface area contributed by atoms with E-state index in [4.69, 9.17) is 0 Å². The van der Waals surface area contributed by atoms with Crippen molar-refractivity contribution in [3.05, 3.63) is 35.4 Å². The van der Waals surface area contributed by atoms with Gasteiger partial charge in [0.1, 0.15) is 12.1 Å². The maximum atomic E-state index is 14.9. The van der Waals surface area contributed by atoms with E-state index in [0.29, 0.717) is 32.2 Å². The molecular weight excluding hydrogens is 697 g/mol. The summed E-state index contributed by atoms with van der Waals surface area (Å²) >= 11 is 0. The van der Waals surface area contributed by atoms with E-state index in [0.717, 1.165) is 30.4 Å². The summed E-state index contributed by atoms with van der Waals surface area (Å²) in [4.78, 5) is 70.7. The second-order valence-corrected chi connectivity index (χ2v) is 19.7. The first-order chi connectivity index (χ1) is 24.8. The van der Waals surface area contributed by atoms with Crippen LogP contribution in [0.25, 0.3) is 0 Å². The number of urea groups is 1. The topological polar surface area (TPSA) is 174 Å². The Kier molecular flexibility index (Phi) is 12.0. The fourth-order valence-electron chi connectivity index (χ4n) is 8.25. The lowest BCUT2D eigenvalue weighted by atomic mass is 9.86. The minimum absolute atomic E-state index is 0.00253. The number of likely N-dealkylation sites (tertiary alicyclic amines) is 1. The number of hydrogen-bond acceptors (Lipinski definition) is 7. The Morgan fingerprint density at radius 2 is 1.60 bits per heavy atom. The Hall–Kier alpha value is -3.52. The van der Waals surface area contributed by atoms with E-state index < -0.39 is 63.2 Å². The number of carbonyl (C=O) groups is 5. The average molecular weight is 757 g/mol. The minimum atomic E-state index is -3.51. The van der Waals surface area contributed by atoms with E-state index in [1.54, 1.807) is 11.8 Å². The zero-order chi connectivity index (χ0) is 39.0. The Bertz CT molecular complexity index is 1660. The van der Waals surface area contributed by atoms with Crippen LogP contribution in [0, 0.1) is 28.6 Å². The standard InChI is InChI=1S/C39H60N6O7S/c1-9-11-16-28(33(46)35(48)40-26-17-18-26)41-34(47)32-30-27(39(30,6)7)21-45(32)36(49)31(25-19-23-14-12-13-15-24(23)20-25)43-37(50)42-29(38(3,4)5)22-44(8)53(51,52)10-2/h12-15,25-32H,9-11,16-22H2,1-8H3,(H,40,48)(H,41,47)(H2,42,43,50)/t27-,28?,29+,30-,31-,32-/m0/s1. The number of nitrogens with one attached hydrogen (secondary N) is 4. The van der Waals surface area contributed by atoms with E-state index in [9.17, 15) is 32.4 Å². The SMILES string of the molecule is CCCCC(NC(=O)[C@@H]1[C@@H]2[C@H](CN1C(=O)[C@@H](NC(=O)N[C@H](CN(C)S(=O)(=O)CC)C(C)(C)C)C1Cc3ccccc3C1)C2(C)C)C(=O)C(=O)NC1CC1. The summed E-state index contributed by atoms with van der Waals surface area (Å²) in [5.41, 5.74) is 1.46. The van der Waals surface area contributed by atoms with Crippen molar-refractivity contribution in [2.45, 2.75) is 124 Å². The number of sulfonamides is 1. The van der Waals surface area contributed by atoms with E-state index in [-0.39, 0.29) is 47.4 Å². The number of unbranched alkanes of at least 4 members (excludes halogenated alkanes) is 1. The number of likely N-dealkylation sites (N-methyl/N-ethyl adjacent to an activating group) is 1. The number of hydrogen-bond donors (Lipinski definition) is 4. The molecule has 3 fully saturated rings. The molecule has 294 valence electrons. The van der Waals surface area contributed by atoms with Gasteiger partial charge in [0.15, 0.2) is 0 Å². The van der Waals surface area contributed by atoms with Gasteiger partial charge in [-0.05, 0) is 78.7 Å². The van der Waals surface area contributed by atoms with Crippen molar-refractivity contribution in [2.24, 2.45) is 28.6 Å². The molecule has 4 N–H and O–H groups in total. The molecule has 2 saturated carbocycles. The number of ketones is 1. The van der Waals surface area contributed by atoms with Gasteiger partial charge >= 0.3 is 6.03 Å². The lowest BCUT2D eigenvalue weighted by Gasteiger charge is -2.37. The normalized spacial score (nSPS) is 23.7. The summed E-state index contributed by atoms with van der Waals surface area (Å²) in [5.74, 6) is -2.66. The molecule has 5 rings (SSSR count). The Labute approximate surface area is 315 Å². The van der Waals surface area contributed by atoms with Gasteiger partial charge in [-0.2, -0.15) is 0 Å². The molecule has 0 aromatic heterocycles. The lowest BCUT2D eigenvalue weighted by molar-refractivity contribution is -0.144. The fraction of sp³-hybridized carbons (Fsp3) is 0.718. The quantitative estimate of drug-likeness (QED) is 0.188. The zero-order valence-electron chi connectivity index (χ0n) is 32.7. The summed E-state index contributed by atoms with van der Waals surface area (Å²) < 4.78 is 26.5. The summed E-state index contributed by atoms with van der Waals surface area (Å²) in [6.07, 6.45) is 4.49. The Morgan fingerprint density at radius 1 is 0.981 bits per heavy atom. The molecule has 3 aliphatic carbocycles. The van der Waals surface area contributed by atoms with Crippen molar-refractivity contribution in [1.29, 1.82) is 0 Å². The second kappa shape index (κ2) is 15.7. The maximum Gasteiger partial charge on any atom is 0.315 e. The van der Waals surface area contributed by atoms with Crippen molar-refractivity contribution < 1.29 is 32.4 Å². The first-order valence-electron chi connectivity index (χ1n) is 19.3. The van der Waals surface area contributed by atoms with Gasteiger partial charge in [-0.3, -0.25) is 19.2 Å². The van der Waals surface area contributed by atoms with Crippen molar-refractivity contribution in [3.8, 4) is 0 Å². The van der Waals surface area contributed by atoms with Gasteiger partial charge in [-0.15, -0.1) is 0 Å². The van der Waals surface area contributed by atoms with Crippen molar-refractivity contribution in [2.75, 3.05) is 25.9 Å². The van der Waals surface area contributed by atoms with Crippen LogP contribution in [0.5, 0.6) is 0 Å². The lowest BCUT2D eigenvalue weighted by Crippen LogP contribution is -2.61. The second-order valence-electron chi connectivity index (χ2n) is 17.3. The smallest absolute Gasteiger partial charge is 0.315 e. The third-order valence-electron chi connectivity index (χ3n) is 12.1. The molecule has 6 atom stereocenters. The van der Waals surface area contributed by atoms with E-state index >= 15 is 0 Å². The zero-order valence-corrected chi connectivity index (χ0v) is 33.5. The number of rotatable bonds is 16. The molecule has 0 spiro atoms. The average Bonchev–Trinajstić information content (AvgIpc) is 3.85. The molecule has 4 aliphatic rings. The van der Waals surface area contributed by atoms with Crippen LogP contribution in [0.3, 0.4) is 0 Å². The third kappa shape index (κ3) is 9.07. The number of amides is 5. The summed E-state index contributed by atoms with van der Waals surface area (Å²) in [6, 6.07) is 3.88. The van der Waals surface area contributed by atoms with Gasteiger partial charge in [-0.1, -0.05) is 78.6 Å². The van der Waals surface area contributed by atoms with Gasteiger partial charge < -0.3 is 26.2 Å². The summed E-state index contributed by atoms with van der Waals surface area (Å²) in [5, 5.41) is 11.6. The van der Waals surface area contributed by atoms with Gasteiger partial charge in [0.25, 0.3) is 5.91 Å². The molecule has 1 aromatic rings. The van der Waals surface area contributed by atoms with Crippen LogP contribution in [0.15, 0.2) is 24.3 Å². The Morgan fingerprint density at radius 3 is 2.15 bits per heavy atom. The molecule has 0 bridgehead atoms. The van der Waals surface area contributed by atoms with Crippen molar-refractivity contribution in [1.82, 2.24) is 30.5 Å². The van der Waals surface area contributed by atoms with Crippen LogP contribution in [0.4, 0.5) is 4.79 Å². The van der Waals surface area contributed by atoms with Crippen LogP contribution in [-0.4, -0.2) is 103 Å². The fourth-order valence-corrected chi connectivity index (χ4v) is 9.06. The van der Waals surface area contributed by atoms with Crippen molar-refractivity contribution in [3.63, 3.8) is 0 Å². The monoisotopic (exact) mass is 756 g/mol. The largest absolute Gasteiger partial charge is 0.347 e. The van der Waals surface area contributed by atoms with Gasteiger partial charge in [0.05, 0.1) is 11.8 Å². The highest BCUT2D eigenvalue weighted by atomic mass is 32.2. The third-order valence-corrected chi connectivity index (χ3v) is 13.9. The van der Waals surface area contributed by atoms with Crippen molar-refractivity contribution >= 4 is 39.6 Å². The first kappa shape index (κ1) is 40.7. The Balaban J connectivity index is 1.39. The highest BCUT2D eigenvalue weighted by molar-refractivity contribution is 7.89. The molecule has 1 heterocycles. The number of Topliss-reactive ketones (excluding diaryl/α,β-unsaturated/α-hetero) is 1. The van der Waals surface area contributed by atoms with E-state index in [1.165, 1.54) is 11.4 Å². The molecule has 13 nitrogen and oxygen atoms in total. The number of piperidine rings is 1. The predicted molar refractivity (Wildman–Crippen MR) is 202 cm³/mol. The van der Waals surface area contributed by atoms with Crippen LogP contribution in [0.1, 0.15) is 91.7 Å². The van der Waals surface area contributed by atoms with Crippen LogP contribution in [0.2, 0.25) is 0 Å². The molecule has 14 heteroatoms.